The van der Waals surface area contributed by atoms with Gasteiger partial charge in [-0.1, -0.05) is 28.1 Å². The number of carboxylic acid groups (broad SMARTS) is 1. The van der Waals surface area contributed by atoms with E-state index >= 15 is 0 Å². The second kappa shape index (κ2) is 5.54. The van der Waals surface area contributed by atoms with Crippen LogP contribution in [0.15, 0.2) is 34.4 Å². The molecule has 1 aromatic carbocycles. The van der Waals surface area contributed by atoms with Crippen molar-refractivity contribution >= 4 is 27.6 Å². The van der Waals surface area contributed by atoms with Gasteiger partial charge in [-0.25, -0.2) is 4.79 Å². The molecule has 0 aliphatic carbocycles. The molecule has 0 spiro atoms. The van der Waals surface area contributed by atoms with Gasteiger partial charge in [0.05, 0.1) is 0 Å². The van der Waals surface area contributed by atoms with Gasteiger partial charge in [0.1, 0.15) is 0 Å². The first-order valence-electron chi connectivity index (χ1n) is 5.72. The molecule has 1 aromatic rings. The maximum atomic E-state index is 10.8. The predicted molar refractivity (Wildman–Crippen MR) is 74.3 cm³/mol. The average Bonchev–Trinajstić information content (AvgIpc) is 2.30. The third kappa shape index (κ3) is 3.11. The van der Waals surface area contributed by atoms with Crippen LogP contribution in [0.1, 0.15) is 12.0 Å². The summed E-state index contributed by atoms with van der Waals surface area (Å²) in [5.74, 6) is 0. The van der Waals surface area contributed by atoms with E-state index < -0.39 is 6.09 Å². The SMILES string of the molecule is CN1CCC(c2ccc(Br)cc2)=C(NC(=O)O)C1. The monoisotopic (exact) mass is 310 g/mol. The van der Waals surface area contributed by atoms with E-state index in [-0.39, 0.29) is 0 Å². The second-order valence-electron chi connectivity index (χ2n) is 4.38. The molecule has 18 heavy (non-hydrogen) atoms. The number of hydrogen-bond donors (Lipinski definition) is 2. The molecule has 0 unspecified atom stereocenters. The largest absolute Gasteiger partial charge is 0.465 e. The fraction of sp³-hybridized carbons (Fsp3) is 0.308. The van der Waals surface area contributed by atoms with Crippen LogP contribution in [0.2, 0.25) is 0 Å². The maximum absolute atomic E-state index is 10.8. The molecular weight excluding hydrogens is 296 g/mol. The zero-order valence-electron chi connectivity index (χ0n) is 10.1. The number of rotatable bonds is 2. The van der Waals surface area contributed by atoms with Crippen molar-refractivity contribution in [2.45, 2.75) is 6.42 Å². The lowest BCUT2D eigenvalue weighted by molar-refractivity contribution is 0.196. The molecule has 0 atom stereocenters. The number of halogens is 1. The summed E-state index contributed by atoms with van der Waals surface area (Å²) in [5.41, 5.74) is 2.94. The zero-order chi connectivity index (χ0) is 13.1. The fourth-order valence-electron chi connectivity index (χ4n) is 2.11. The Kier molecular flexibility index (Phi) is 4.04. The van der Waals surface area contributed by atoms with E-state index in [0.29, 0.717) is 6.54 Å². The van der Waals surface area contributed by atoms with Crippen molar-refractivity contribution in [2.75, 3.05) is 20.1 Å². The first kappa shape index (κ1) is 13.1. The van der Waals surface area contributed by atoms with Crippen molar-refractivity contribution in [3.05, 3.63) is 40.0 Å². The third-order valence-corrected chi connectivity index (χ3v) is 3.52. The normalized spacial score (nSPS) is 16.8. The van der Waals surface area contributed by atoms with E-state index in [2.05, 4.69) is 26.1 Å². The van der Waals surface area contributed by atoms with Gasteiger partial charge in [-0.15, -0.1) is 0 Å². The highest BCUT2D eigenvalue weighted by molar-refractivity contribution is 9.10. The van der Waals surface area contributed by atoms with E-state index in [4.69, 9.17) is 5.11 Å². The van der Waals surface area contributed by atoms with Gasteiger partial charge >= 0.3 is 6.09 Å². The zero-order valence-corrected chi connectivity index (χ0v) is 11.7. The quantitative estimate of drug-likeness (QED) is 0.883. The van der Waals surface area contributed by atoms with Gasteiger partial charge in [0.2, 0.25) is 0 Å². The van der Waals surface area contributed by atoms with Gasteiger partial charge in [-0.05, 0) is 36.7 Å². The van der Waals surface area contributed by atoms with Crippen molar-refractivity contribution in [2.24, 2.45) is 0 Å². The van der Waals surface area contributed by atoms with Gasteiger partial charge in [-0.3, -0.25) is 5.32 Å². The van der Waals surface area contributed by atoms with Crippen molar-refractivity contribution in [3.8, 4) is 0 Å². The van der Waals surface area contributed by atoms with E-state index in [1.54, 1.807) is 0 Å². The Bertz CT molecular complexity index is 482. The topological polar surface area (TPSA) is 52.6 Å². The molecule has 2 rings (SSSR count). The van der Waals surface area contributed by atoms with Gasteiger partial charge in [0.25, 0.3) is 0 Å². The van der Waals surface area contributed by atoms with E-state index in [1.807, 2.05) is 31.3 Å². The Balaban J connectivity index is 2.35. The fourth-order valence-corrected chi connectivity index (χ4v) is 2.38. The van der Waals surface area contributed by atoms with Crippen LogP contribution in [0.4, 0.5) is 4.79 Å². The number of benzene rings is 1. The molecule has 4 nitrogen and oxygen atoms in total. The maximum Gasteiger partial charge on any atom is 0.408 e. The molecule has 2 N–H and O–H groups in total. The highest BCUT2D eigenvalue weighted by Crippen LogP contribution is 2.26. The highest BCUT2D eigenvalue weighted by atomic mass is 79.9. The number of likely N-dealkylation sites (N-methyl/N-ethyl adjacent to an activating group) is 1. The van der Waals surface area contributed by atoms with Crippen molar-refractivity contribution in [3.63, 3.8) is 0 Å². The van der Waals surface area contributed by atoms with Crippen LogP contribution < -0.4 is 5.32 Å². The first-order valence-corrected chi connectivity index (χ1v) is 6.52. The summed E-state index contributed by atoms with van der Waals surface area (Å²) in [6.07, 6.45) is -0.150. The van der Waals surface area contributed by atoms with Crippen LogP contribution in [0, 0.1) is 0 Å². The number of hydrogen-bond acceptors (Lipinski definition) is 2. The molecule has 1 heterocycles. The van der Waals surface area contributed by atoms with Gasteiger partial charge in [-0.2, -0.15) is 0 Å². The van der Waals surface area contributed by atoms with E-state index in [1.165, 1.54) is 0 Å². The molecule has 0 bridgehead atoms. The first-order chi connectivity index (χ1) is 8.56. The molecule has 0 radical (unpaired) electrons. The standard InChI is InChI=1S/C13H15BrN2O2/c1-16-7-6-11(12(8-16)15-13(17)18)9-2-4-10(14)5-3-9/h2-5,15H,6-8H2,1H3,(H,17,18). The lowest BCUT2D eigenvalue weighted by Gasteiger charge is -2.27. The summed E-state index contributed by atoms with van der Waals surface area (Å²) in [4.78, 5) is 12.9. The van der Waals surface area contributed by atoms with Crippen LogP contribution in [0.3, 0.4) is 0 Å². The Hall–Kier alpha value is -1.33. The van der Waals surface area contributed by atoms with Crippen molar-refractivity contribution in [1.29, 1.82) is 0 Å². The van der Waals surface area contributed by atoms with Crippen LogP contribution >= 0.6 is 15.9 Å². The summed E-state index contributed by atoms with van der Waals surface area (Å²) in [6.45, 7) is 1.58. The van der Waals surface area contributed by atoms with Crippen LogP contribution in [0.5, 0.6) is 0 Å². The molecule has 0 aromatic heterocycles. The van der Waals surface area contributed by atoms with Crippen molar-refractivity contribution in [1.82, 2.24) is 10.2 Å². The summed E-state index contributed by atoms with van der Waals surface area (Å²) in [7, 11) is 1.99. The molecule has 96 valence electrons. The molecule has 1 amide bonds. The minimum atomic E-state index is -1.00. The summed E-state index contributed by atoms with van der Waals surface area (Å²) in [5, 5.41) is 11.4. The molecular formula is C13H15BrN2O2. The van der Waals surface area contributed by atoms with Crippen molar-refractivity contribution < 1.29 is 9.90 Å². The van der Waals surface area contributed by atoms with Gasteiger partial charge < -0.3 is 10.0 Å². The molecule has 1 aliphatic heterocycles. The Labute approximate surface area is 114 Å². The van der Waals surface area contributed by atoms with E-state index in [9.17, 15) is 4.79 Å². The molecule has 0 saturated carbocycles. The molecule has 1 aliphatic rings. The highest BCUT2D eigenvalue weighted by Gasteiger charge is 2.18. The number of nitrogens with one attached hydrogen (secondary N) is 1. The van der Waals surface area contributed by atoms with Crippen LogP contribution in [-0.4, -0.2) is 36.2 Å². The number of nitrogens with zero attached hydrogens (tertiary/aromatic N) is 1. The Morgan fingerprint density at radius 3 is 2.67 bits per heavy atom. The molecule has 5 heteroatoms. The second-order valence-corrected chi connectivity index (χ2v) is 5.30. The minimum absolute atomic E-state index is 0.637. The predicted octanol–water partition coefficient (Wildman–Crippen LogP) is 2.76. The summed E-state index contributed by atoms with van der Waals surface area (Å²) >= 11 is 3.40. The number of carbonyl (C=O) groups is 1. The minimum Gasteiger partial charge on any atom is -0.465 e. The van der Waals surface area contributed by atoms with Crippen LogP contribution in [-0.2, 0) is 0 Å². The number of amides is 1. The smallest absolute Gasteiger partial charge is 0.408 e. The Morgan fingerprint density at radius 2 is 2.06 bits per heavy atom. The molecule has 0 fully saturated rings. The van der Waals surface area contributed by atoms with Crippen LogP contribution in [0.25, 0.3) is 5.57 Å². The average molecular weight is 311 g/mol. The third-order valence-electron chi connectivity index (χ3n) is 2.99. The lowest BCUT2D eigenvalue weighted by Crippen LogP contribution is -2.35. The lowest BCUT2D eigenvalue weighted by atomic mass is 9.97. The molecule has 0 saturated heterocycles. The summed E-state index contributed by atoms with van der Waals surface area (Å²) in [6, 6.07) is 7.96. The summed E-state index contributed by atoms with van der Waals surface area (Å²) < 4.78 is 1.02. The van der Waals surface area contributed by atoms with Gasteiger partial charge in [0.15, 0.2) is 0 Å². The van der Waals surface area contributed by atoms with Gasteiger partial charge in [0, 0.05) is 23.3 Å². The van der Waals surface area contributed by atoms with E-state index in [0.717, 1.165) is 34.3 Å². The Morgan fingerprint density at radius 1 is 1.39 bits per heavy atom.